The van der Waals surface area contributed by atoms with Crippen LogP contribution in [0, 0.1) is 5.82 Å². The van der Waals surface area contributed by atoms with Crippen molar-refractivity contribution in [1.29, 1.82) is 0 Å². The zero-order valence-electron chi connectivity index (χ0n) is 9.02. The van der Waals surface area contributed by atoms with Crippen LogP contribution in [0.2, 0.25) is 0 Å². The molecule has 0 aliphatic carbocycles. The molecule has 0 bridgehead atoms. The number of aliphatic hydroxyl groups is 1. The molecular formula is C11H13F4NO. The second-order valence-electron chi connectivity index (χ2n) is 3.53. The van der Waals surface area contributed by atoms with Gasteiger partial charge in [-0.05, 0) is 19.0 Å². The summed E-state index contributed by atoms with van der Waals surface area (Å²) in [6.45, 7) is 0.417. The first-order valence-electron chi connectivity index (χ1n) is 5.13. The Bertz CT molecular complexity index is 365. The predicted molar refractivity (Wildman–Crippen MR) is 54.8 cm³/mol. The minimum absolute atomic E-state index is 0.00968. The van der Waals surface area contributed by atoms with E-state index >= 15 is 0 Å². The van der Waals surface area contributed by atoms with Crippen LogP contribution in [0.25, 0.3) is 0 Å². The van der Waals surface area contributed by atoms with E-state index in [9.17, 15) is 17.6 Å². The lowest BCUT2D eigenvalue weighted by Gasteiger charge is -2.11. The van der Waals surface area contributed by atoms with Crippen LogP contribution in [0.5, 0.6) is 0 Å². The van der Waals surface area contributed by atoms with Gasteiger partial charge in [0.25, 0.3) is 0 Å². The molecule has 0 aliphatic heterocycles. The summed E-state index contributed by atoms with van der Waals surface area (Å²) in [5, 5.41) is 11.3. The molecule has 1 rings (SSSR count). The second-order valence-corrected chi connectivity index (χ2v) is 3.53. The van der Waals surface area contributed by atoms with Crippen molar-refractivity contribution < 1.29 is 22.7 Å². The van der Waals surface area contributed by atoms with Crippen molar-refractivity contribution in [3.8, 4) is 0 Å². The fraction of sp³-hybridized carbons (Fsp3) is 0.455. The molecule has 0 amide bonds. The lowest BCUT2D eigenvalue weighted by molar-refractivity contribution is -0.140. The number of benzene rings is 1. The van der Waals surface area contributed by atoms with E-state index in [1.165, 1.54) is 12.1 Å². The fourth-order valence-electron chi connectivity index (χ4n) is 1.36. The first kappa shape index (κ1) is 13.9. The van der Waals surface area contributed by atoms with E-state index in [1.807, 2.05) is 0 Å². The van der Waals surface area contributed by atoms with Gasteiger partial charge in [-0.1, -0.05) is 12.1 Å². The molecule has 2 nitrogen and oxygen atoms in total. The Balaban J connectivity index is 2.74. The molecule has 0 radical (unpaired) electrons. The first-order valence-corrected chi connectivity index (χ1v) is 5.13. The standard InChI is InChI=1S/C11H13F4NO/c12-10-8(7-16-5-2-6-17)3-1-4-9(10)11(13,14)15/h1,3-4,16-17H,2,5-7H2. The average molecular weight is 251 g/mol. The maximum Gasteiger partial charge on any atom is 0.419 e. The quantitative estimate of drug-likeness (QED) is 0.621. The number of alkyl halides is 3. The highest BCUT2D eigenvalue weighted by Gasteiger charge is 2.34. The molecule has 1 aromatic rings. The van der Waals surface area contributed by atoms with Gasteiger partial charge in [0.15, 0.2) is 0 Å². The molecule has 2 N–H and O–H groups in total. The van der Waals surface area contributed by atoms with Crippen molar-refractivity contribution in [3.63, 3.8) is 0 Å². The van der Waals surface area contributed by atoms with Gasteiger partial charge in [-0.25, -0.2) is 4.39 Å². The summed E-state index contributed by atoms with van der Waals surface area (Å²) in [6, 6.07) is 3.19. The Morgan fingerprint density at radius 2 is 1.94 bits per heavy atom. The van der Waals surface area contributed by atoms with Crippen LogP contribution in [-0.2, 0) is 12.7 Å². The molecular weight excluding hydrogens is 238 g/mol. The third-order valence-corrected chi connectivity index (χ3v) is 2.21. The normalized spacial score (nSPS) is 11.8. The molecule has 0 unspecified atom stereocenters. The van der Waals surface area contributed by atoms with Crippen molar-refractivity contribution in [2.75, 3.05) is 13.2 Å². The van der Waals surface area contributed by atoms with Crippen LogP contribution >= 0.6 is 0 Å². The average Bonchev–Trinajstić information content (AvgIpc) is 2.25. The molecule has 0 atom stereocenters. The van der Waals surface area contributed by atoms with Crippen LogP contribution in [0.15, 0.2) is 18.2 Å². The van der Waals surface area contributed by atoms with E-state index in [-0.39, 0.29) is 18.7 Å². The summed E-state index contributed by atoms with van der Waals surface area (Å²) in [4.78, 5) is 0. The molecule has 0 saturated carbocycles. The van der Waals surface area contributed by atoms with E-state index in [2.05, 4.69) is 5.32 Å². The Morgan fingerprint density at radius 1 is 1.24 bits per heavy atom. The van der Waals surface area contributed by atoms with Gasteiger partial charge in [-0.15, -0.1) is 0 Å². The Kier molecular flexibility index (Phi) is 4.89. The van der Waals surface area contributed by atoms with Crippen molar-refractivity contribution in [3.05, 3.63) is 35.1 Å². The van der Waals surface area contributed by atoms with Crippen molar-refractivity contribution in [2.45, 2.75) is 19.1 Å². The van der Waals surface area contributed by atoms with E-state index in [0.717, 1.165) is 0 Å². The lowest BCUT2D eigenvalue weighted by Crippen LogP contribution is -2.18. The molecule has 0 aliphatic rings. The third kappa shape index (κ3) is 3.98. The van der Waals surface area contributed by atoms with Crippen LogP contribution in [0.4, 0.5) is 17.6 Å². The maximum absolute atomic E-state index is 13.5. The predicted octanol–water partition coefficient (Wildman–Crippen LogP) is 2.32. The largest absolute Gasteiger partial charge is 0.419 e. The summed E-state index contributed by atoms with van der Waals surface area (Å²) < 4.78 is 50.6. The van der Waals surface area contributed by atoms with Crippen LogP contribution in [0.1, 0.15) is 17.5 Å². The van der Waals surface area contributed by atoms with E-state index in [0.29, 0.717) is 19.0 Å². The molecule has 0 fully saturated rings. The molecule has 96 valence electrons. The summed E-state index contributed by atoms with van der Waals surface area (Å²) in [7, 11) is 0. The SMILES string of the molecule is OCCCNCc1cccc(C(F)(F)F)c1F. The zero-order chi connectivity index (χ0) is 12.9. The topological polar surface area (TPSA) is 32.3 Å². The molecule has 0 spiro atoms. The van der Waals surface area contributed by atoms with Crippen LogP contribution in [-0.4, -0.2) is 18.3 Å². The highest BCUT2D eigenvalue weighted by Crippen LogP contribution is 2.32. The van der Waals surface area contributed by atoms with Crippen LogP contribution < -0.4 is 5.32 Å². The van der Waals surface area contributed by atoms with Gasteiger partial charge in [-0.2, -0.15) is 13.2 Å². The van der Waals surface area contributed by atoms with Crippen molar-refractivity contribution >= 4 is 0 Å². The van der Waals surface area contributed by atoms with Crippen LogP contribution in [0.3, 0.4) is 0 Å². The highest BCUT2D eigenvalue weighted by molar-refractivity contribution is 5.28. The number of rotatable bonds is 5. The van der Waals surface area contributed by atoms with E-state index in [1.54, 1.807) is 0 Å². The Labute approximate surface area is 96.3 Å². The summed E-state index contributed by atoms with van der Waals surface area (Å²) in [6.07, 6.45) is -4.20. The Morgan fingerprint density at radius 3 is 2.53 bits per heavy atom. The molecule has 0 heterocycles. The van der Waals surface area contributed by atoms with Crippen molar-refractivity contribution in [1.82, 2.24) is 5.32 Å². The molecule has 6 heteroatoms. The van der Waals surface area contributed by atoms with E-state index < -0.39 is 17.6 Å². The Hall–Kier alpha value is -1.14. The summed E-state index contributed by atoms with van der Waals surface area (Å²) in [5.74, 6) is -1.24. The molecule has 17 heavy (non-hydrogen) atoms. The first-order chi connectivity index (χ1) is 7.96. The second kappa shape index (κ2) is 5.97. The number of hydrogen-bond acceptors (Lipinski definition) is 2. The van der Waals surface area contributed by atoms with Crippen molar-refractivity contribution in [2.24, 2.45) is 0 Å². The van der Waals surface area contributed by atoms with Gasteiger partial charge in [0.1, 0.15) is 5.82 Å². The fourth-order valence-corrected chi connectivity index (χ4v) is 1.36. The minimum atomic E-state index is -4.68. The van der Waals surface area contributed by atoms with E-state index in [4.69, 9.17) is 5.11 Å². The number of halogens is 4. The maximum atomic E-state index is 13.5. The third-order valence-electron chi connectivity index (χ3n) is 2.21. The molecule has 0 saturated heterocycles. The summed E-state index contributed by atoms with van der Waals surface area (Å²) in [5.41, 5.74) is -1.28. The van der Waals surface area contributed by atoms with Gasteiger partial charge in [0.2, 0.25) is 0 Å². The summed E-state index contributed by atoms with van der Waals surface area (Å²) >= 11 is 0. The number of hydrogen-bond donors (Lipinski definition) is 2. The molecule has 1 aromatic carbocycles. The monoisotopic (exact) mass is 251 g/mol. The van der Waals surface area contributed by atoms with Gasteiger partial charge in [0, 0.05) is 18.7 Å². The van der Waals surface area contributed by atoms with Gasteiger partial charge in [0.05, 0.1) is 5.56 Å². The van der Waals surface area contributed by atoms with Gasteiger partial charge < -0.3 is 10.4 Å². The van der Waals surface area contributed by atoms with Gasteiger partial charge in [-0.3, -0.25) is 0 Å². The lowest BCUT2D eigenvalue weighted by atomic mass is 10.1. The zero-order valence-corrected chi connectivity index (χ0v) is 9.02. The smallest absolute Gasteiger partial charge is 0.396 e. The highest BCUT2D eigenvalue weighted by atomic mass is 19.4. The molecule has 0 aromatic heterocycles. The van der Waals surface area contributed by atoms with Gasteiger partial charge >= 0.3 is 6.18 Å². The minimum Gasteiger partial charge on any atom is -0.396 e. The number of nitrogens with one attached hydrogen (secondary N) is 1. The number of aliphatic hydroxyl groups excluding tert-OH is 1.